The summed E-state index contributed by atoms with van der Waals surface area (Å²) in [4.78, 5) is 10.0. The number of aliphatic imine (C=N–C) groups is 1. The fraction of sp³-hybridized carbons (Fsp3) is 0.444. The van der Waals surface area contributed by atoms with E-state index in [0.29, 0.717) is 0 Å². The smallest absolute Gasteiger partial charge is 0.0901 e. The number of hydrogen-bond acceptors (Lipinski definition) is 3. The van der Waals surface area contributed by atoms with Crippen molar-refractivity contribution in [2.45, 2.75) is 52.9 Å². The molecule has 3 heteroatoms. The molecule has 30 heavy (non-hydrogen) atoms. The molecule has 2 aromatic carbocycles. The molecular formula is C27H35N3. The Hall–Kier alpha value is -2.55. The molecule has 0 radical (unpaired) electrons. The van der Waals surface area contributed by atoms with E-state index < -0.39 is 0 Å². The summed E-state index contributed by atoms with van der Waals surface area (Å²) in [6.45, 7) is 12.7. The van der Waals surface area contributed by atoms with E-state index in [2.05, 4.69) is 80.6 Å². The highest BCUT2D eigenvalue weighted by atomic mass is 15.4. The monoisotopic (exact) mass is 401 g/mol. The second-order valence-electron chi connectivity index (χ2n) is 9.22. The highest BCUT2D eigenvalue weighted by molar-refractivity contribution is 6.02. The molecule has 3 nitrogen and oxygen atoms in total. The van der Waals surface area contributed by atoms with Crippen molar-refractivity contribution >= 4 is 28.3 Å². The minimum atomic E-state index is 0.819. The first-order valence-electron chi connectivity index (χ1n) is 11.4. The summed E-state index contributed by atoms with van der Waals surface area (Å²) in [6, 6.07) is 13.1. The van der Waals surface area contributed by atoms with Gasteiger partial charge in [0.05, 0.1) is 23.7 Å². The molecule has 0 saturated heterocycles. The lowest BCUT2D eigenvalue weighted by molar-refractivity contribution is 0.359. The van der Waals surface area contributed by atoms with Crippen molar-refractivity contribution in [3.8, 4) is 0 Å². The van der Waals surface area contributed by atoms with Crippen molar-refractivity contribution in [2.75, 3.05) is 30.1 Å². The molecule has 0 aromatic heterocycles. The van der Waals surface area contributed by atoms with Crippen LogP contribution in [-0.2, 0) is 0 Å². The molecule has 1 heterocycles. The highest BCUT2D eigenvalue weighted by Crippen LogP contribution is 2.43. The molecule has 0 unspecified atom stereocenters. The van der Waals surface area contributed by atoms with Gasteiger partial charge in [0.1, 0.15) is 0 Å². The van der Waals surface area contributed by atoms with E-state index >= 15 is 0 Å². The molecule has 1 aliphatic carbocycles. The van der Waals surface area contributed by atoms with Crippen LogP contribution in [-0.4, -0.2) is 26.0 Å². The number of aryl methyl sites for hydroxylation is 1. The predicted molar refractivity (Wildman–Crippen MR) is 131 cm³/mol. The van der Waals surface area contributed by atoms with Crippen LogP contribution in [0.3, 0.4) is 0 Å². The Morgan fingerprint density at radius 2 is 1.77 bits per heavy atom. The van der Waals surface area contributed by atoms with Crippen LogP contribution in [0.5, 0.6) is 0 Å². The molecule has 1 saturated carbocycles. The van der Waals surface area contributed by atoms with Crippen LogP contribution in [0.25, 0.3) is 5.57 Å². The molecule has 1 fully saturated rings. The van der Waals surface area contributed by atoms with E-state index in [1.807, 2.05) is 0 Å². The fourth-order valence-electron chi connectivity index (χ4n) is 5.02. The minimum Gasteiger partial charge on any atom is -0.355 e. The predicted octanol–water partition coefficient (Wildman–Crippen LogP) is 6.96. The van der Waals surface area contributed by atoms with Crippen LogP contribution in [0.15, 0.2) is 48.0 Å². The number of nitrogens with zero attached hydrogens (tertiary/aromatic N) is 3. The first kappa shape index (κ1) is 20.7. The lowest BCUT2D eigenvalue weighted by Gasteiger charge is -2.28. The molecule has 0 N–H and O–H groups in total. The molecule has 0 amide bonds. The van der Waals surface area contributed by atoms with Crippen molar-refractivity contribution in [1.82, 2.24) is 0 Å². The number of fused-ring (bicyclic) bond motifs is 1. The molecule has 0 atom stereocenters. The zero-order chi connectivity index (χ0) is 21.3. The molecule has 4 rings (SSSR count). The summed E-state index contributed by atoms with van der Waals surface area (Å²) >= 11 is 0. The molecule has 0 bridgehead atoms. The van der Waals surface area contributed by atoms with Gasteiger partial charge in [0, 0.05) is 24.9 Å². The average Bonchev–Trinajstić information content (AvgIpc) is 3.03. The normalized spacial score (nSPS) is 17.4. The number of benzene rings is 2. The van der Waals surface area contributed by atoms with E-state index in [9.17, 15) is 0 Å². The van der Waals surface area contributed by atoms with E-state index in [4.69, 9.17) is 4.99 Å². The third-order valence-corrected chi connectivity index (χ3v) is 6.71. The van der Waals surface area contributed by atoms with Crippen LogP contribution in [0.1, 0.15) is 62.6 Å². The zero-order valence-electron chi connectivity index (χ0n) is 19.0. The zero-order valence-corrected chi connectivity index (χ0v) is 19.0. The van der Waals surface area contributed by atoms with E-state index in [0.717, 1.165) is 41.7 Å². The van der Waals surface area contributed by atoms with Gasteiger partial charge in [-0.25, -0.2) is 0 Å². The number of anilines is 2. The molecule has 2 aromatic rings. The van der Waals surface area contributed by atoms with Crippen molar-refractivity contribution < 1.29 is 0 Å². The Bertz CT molecular complexity index is 966. The first-order chi connectivity index (χ1) is 14.4. The third kappa shape index (κ3) is 4.16. The van der Waals surface area contributed by atoms with E-state index in [-0.39, 0.29) is 0 Å². The van der Waals surface area contributed by atoms with Gasteiger partial charge < -0.3 is 9.80 Å². The van der Waals surface area contributed by atoms with Gasteiger partial charge in [-0.1, -0.05) is 50.1 Å². The minimum absolute atomic E-state index is 0.819. The van der Waals surface area contributed by atoms with Gasteiger partial charge in [-0.15, -0.1) is 0 Å². The summed E-state index contributed by atoms with van der Waals surface area (Å²) < 4.78 is 0. The van der Waals surface area contributed by atoms with Gasteiger partial charge in [0.25, 0.3) is 0 Å². The molecular weight excluding hydrogens is 366 g/mol. The first-order valence-corrected chi connectivity index (χ1v) is 11.4. The van der Waals surface area contributed by atoms with Crippen LogP contribution in [0.2, 0.25) is 0 Å². The fourth-order valence-corrected chi connectivity index (χ4v) is 5.02. The summed E-state index contributed by atoms with van der Waals surface area (Å²) in [5.74, 6) is 0.819. The molecule has 0 spiro atoms. The summed E-state index contributed by atoms with van der Waals surface area (Å²) in [5.41, 5.74) is 9.39. The van der Waals surface area contributed by atoms with Crippen molar-refractivity contribution in [3.05, 3.63) is 59.7 Å². The highest BCUT2D eigenvalue weighted by Gasteiger charge is 2.28. The Morgan fingerprint density at radius 3 is 2.47 bits per heavy atom. The van der Waals surface area contributed by atoms with Gasteiger partial charge in [0.2, 0.25) is 0 Å². The van der Waals surface area contributed by atoms with Crippen LogP contribution < -0.4 is 9.80 Å². The van der Waals surface area contributed by atoms with Crippen molar-refractivity contribution in [1.29, 1.82) is 0 Å². The number of rotatable bonds is 5. The summed E-state index contributed by atoms with van der Waals surface area (Å²) in [5, 5.41) is 0. The largest absolute Gasteiger partial charge is 0.355 e. The lowest BCUT2D eigenvalue weighted by atomic mass is 9.89. The van der Waals surface area contributed by atoms with Gasteiger partial charge in [-0.2, -0.15) is 0 Å². The summed E-state index contributed by atoms with van der Waals surface area (Å²) in [6.07, 6.45) is 6.93. The van der Waals surface area contributed by atoms with E-state index in [1.54, 1.807) is 0 Å². The van der Waals surface area contributed by atoms with Crippen molar-refractivity contribution in [3.63, 3.8) is 0 Å². The van der Waals surface area contributed by atoms with Crippen LogP contribution >= 0.6 is 0 Å². The Labute approximate surface area is 182 Å². The molecule has 2 aliphatic rings. The average molecular weight is 402 g/mol. The van der Waals surface area contributed by atoms with Gasteiger partial charge >= 0.3 is 0 Å². The van der Waals surface area contributed by atoms with Gasteiger partial charge in [0.15, 0.2) is 0 Å². The second-order valence-corrected chi connectivity index (χ2v) is 9.22. The number of allylic oxidation sites excluding steroid dienone is 1. The quantitative estimate of drug-likeness (QED) is 0.504. The Kier molecular flexibility index (Phi) is 5.99. The van der Waals surface area contributed by atoms with Gasteiger partial charge in [-0.05, 0) is 68.4 Å². The maximum absolute atomic E-state index is 5.11. The standard InChI is InChI=1S/C27H35N3/c1-19(2)24-15-26-27(30(18-29(26)5)17-22-12-7-6-8-13-22)16-25(24)28-21(4)23-14-10-9-11-20(23)3/h9-11,14-16,22H,1,6-8,12-13,17-18H2,2-5H3. The topological polar surface area (TPSA) is 18.8 Å². The number of hydrogen-bond donors (Lipinski definition) is 0. The van der Waals surface area contributed by atoms with Gasteiger partial charge in [-0.3, -0.25) is 4.99 Å². The second kappa shape index (κ2) is 8.67. The van der Waals surface area contributed by atoms with Crippen molar-refractivity contribution in [2.24, 2.45) is 10.9 Å². The van der Waals surface area contributed by atoms with Crippen LogP contribution in [0, 0.1) is 12.8 Å². The molecule has 158 valence electrons. The maximum atomic E-state index is 5.11. The Balaban J connectivity index is 1.72. The SMILES string of the molecule is C=C(C)c1cc2c(cc1N=C(C)c1ccccc1C)N(CC1CCCCC1)CN2C. The molecule has 1 aliphatic heterocycles. The van der Waals surface area contributed by atoms with Crippen LogP contribution in [0.4, 0.5) is 17.1 Å². The Morgan fingerprint density at radius 1 is 1.03 bits per heavy atom. The summed E-state index contributed by atoms with van der Waals surface area (Å²) in [7, 11) is 2.20. The third-order valence-electron chi connectivity index (χ3n) is 6.71. The lowest BCUT2D eigenvalue weighted by Crippen LogP contribution is -2.33. The maximum Gasteiger partial charge on any atom is 0.0901 e. The van der Waals surface area contributed by atoms with E-state index in [1.165, 1.54) is 54.6 Å².